The Morgan fingerprint density at radius 2 is 1.95 bits per heavy atom. The van der Waals surface area contributed by atoms with Crippen LogP contribution in [0.2, 0.25) is 0 Å². The van der Waals surface area contributed by atoms with E-state index in [1.807, 2.05) is 18.2 Å². The van der Waals surface area contributed by atoms with Crippen molar-refractivity contribution in [1.29, 1.82) is 0 Å². The summed E-state index contributed by atoms with van der Waals surface area (Å²) in [4.78, 5) is 2.34. The molecule has 3 rings (SSSR count). The highest BCUT2D eigenvalue weighted by Gasteiger charge is 2.27. The zero-order valence-corrected chi connectivity index (χ0v) is 11.8. The summed E-state index contributed by atoms with van der Waals surface area (Å²) in [5.41, 5.74) is 3.69. The average Bonchev–Trinajstić information content (AvgIpc) is 2.48. The third-order valence-corrected chi connectivity index (χ3v) is 4.03. The number of rotatable bonds is 2. The number of likely N-dealkylation sites (N-methyl/N-ethyl adjacent to an activating group) is 1. The fourth-order valence-electron chi connectivity index (χ4n) is 2.99. The lowest BCUT2D eigenvalue weighted by Crippen LogP contribution is -2.32. The monoisotopic (exact) mass is 269 g/mol. The number of hydrogen-bond donors (Lipinski definition) is 1. The van der Waals surface area contributed by atoms with Crippen LogP contribution in [0.1, 0.15) is 22.7 Å². The number of fused-ring (bicyclic) bond motifs is 1. The molecule has 104 valence electrons. The van der Waals surface area contributed by atoms with Gasteiger partial charge in [0.2, 0.25) is 0 Å². The molecule has 2 aromatic carbocycles. The third kappa shape index (κ3) is 2.14. The normalized spacial score (nSPS) is 18.6. The zero-order chi connectivity index (χ0) is 14.1. The molecule has 0 amide bonds. The Balaban J connectivity index is 2.13. The van der Waals surface area contributed by atoms with Gasteiger partial charge in [-0.2, -0.15) is 0 Å². The summed E-state index contributed by atoms with van der Waals surface area (Å²) in [7, 11) is 3.73. The van der Waals surface area contributed by atoms with Crippen LogP contribution in [0.5, 0.6) is 11.5 Å². The number of benzene rings is 2. The third-order valence-electron chi connectivity index (χ3n) is 4.03. The predicted octanol–water partition coefficient (Wildman–Crippen LogP) is 2.98. The molecular formula is C17H19NO2. The van der Waals surface area contributed by atoms with E-state index >= 15 is 0 Å². The molecule has 0 bridgehead atoms. The summed E-state index contributed by atoms with van der Waals surface area (Å²) in [6.07, 6.45) is 0.951. The second-order valence-electron chi connectivity index (χ2n) is 5.27. The second-order valence-corrected chi connectivity index (χ2v) is 5.27. The maximum Gasteiger partial charge on any atom is 0.160 e. The van der Waals surface area contributed by atoms with Crippen molar-refractivity contribution in [2.24, 2.45) is 0 Å². The van der Waals surface area contributed by atoms with Gasteiger partial charge in [-0.25, -0.2) is 0 Å². The molecule has 0 saturated heterocycles. The highest BCUT2D eigenvalue weighted by molar-refractivity contribution is 5.50. The molecule has 0 radical (unpaired) electrons. The molecule has 20 heavy (non-hydrogen) atoms. The minimum absolute atomic E-state index is 0.217. The first-order valence-electron chi connectivity index (χ1n) is 6.85. The van der Waals surface area contributed by atoms with Gasteiger partial charge in [0, 0.05) is 6.54 Å². The van der Waals surface area contributed by atoms with Crippen LogP contribution in [0.4, 0.5) is 0 Å². The second kappa shape index (κ2) is 5.17. The van der Waals surface area contributed by atoms with E-state index in [1.165, 1.54) is 16.7 Å². The predicted molar refractivity (Wildman–Crippen MR) is 79.3 cm³/mol. The van der Waals surface area contributed by atoms with E-state index in [9.17, 15) is 5.11 Å². The molecule has 2 aromatic rings. The molecule has 1 aliphatic rings. The Bertz CT molecular complexity index is 610. The first-order chi connectivity index (χ1) is 9.70. The summed E-state index contributed by atoms with van der Waals surface area (Å²) in [6, 6.07) is 14.5. The molecule has 0 fully saturated rings. The van der Waals surface area contributed by atoms with Crippen LogP contribution in [0.25, 0.3) is 0 Å². The number of phenolic OH excluding ortho intramolecular Hbond substituents is 1. The number of phenols is 1. The number of ether oxygens (including phenoxy) is 1. The Kier molecular flexibility index (Phi) is 3.36. The van der Waals surface area contributed by atoms with Crippen molar-refractivity contribution in [3.63, 3.8) is 0 Å². The first-order valence-corrected chi connectivity index (χ1v) is 6.85. The maximum absolute atomic E-state index is 9.95. The Labute approximate surface area is 119 Å². The Hall–Kier alpha value is -2.00. The molecule has 3 nitrogen and oxygen atoms in total. The Morgan fingerprint density at radius 1 is 1.20 bits per heavy atom. The van der Waals surface area contributed by atoms with Crippen LogP contribution < -0.4 is 4.74 Å². The SMILES string of the molecule is COc1cc2c(cc1O)CCN(C)C2c1ccccc1. The van der Waals surface area contributed by atoms with Crippen molar-refractivity contribution in [3.05, 3.63) is 59.2 Å². The van der Waals surface area contributed by atoms with Crippen molar-refractivity contribution >= 4 is 0 Å². The molecule has 0 saturated carbocycles. The van der Waals surface area contributed by atoms with E-state index < -0.39 is 0 Å². The lowest BCUT2D eigenvalue weighted by molar-refractivity contribution is 0.263. The summed E-state index contributed by atoms with van der Waals surface area (Å²) < 4.78 is 5.26. The highest BCUT2D eigenvalue weighted by Crippen LogP contribution is 2.39. The topological polar surface area (TPSA) is 32.7 Å². The van der Waals surface area contributed by atoms with E-state index in [1.54, 1.807) is 7.11 Å². The van der Waals surface area contributed by atoms with E-state index in [0.29, 0.717) is 5.75 Å². The first kappa shape index (κ1) is 13.0. The quantitative estimate of drug-likeness (QED) is 0.909. The standard InChI is InChI=1S/C17H19NO2/c1-18-9-8-13-10-15(19)16(20-2)11-14(13)17(18)12-6-4-3-5-7-12/h3-7,10-11,17,19H,8-9H2,1-2H3. The molecule has 1 heterocycles. The number of methoxy groups -OCH3 is 1. The van der Waals surface area contributed by atoms with Crippen molar-refractivity contribution in [1.82, 2.24) is 4.90 Å². The highest BCUT2D eigenvalue weighted by atomic mass is 16.5. The van der Waals surface area contributed by atoms with Gasteiger partial charge < -0.3 is 9.84 Å². The van der Waals surface area contributed by atoms with Crippen molar-refractivity contribution in [3.8, 4) is 11.5 Å². The fraction of sp³-hybridized carbons (Fsp3) is 0.294. The van der Waals surface area contributed by atoms with Gasteiger partial charge in [-0.3, -0.25) is 4.90 Å². The maximum atomic E-state index is 9.95. The Morgan fingerprint density at radius 3 is 2.65 bits per heavy atom. The minimum atomic E-state index is 0.217. The van der Waals surface area contributed by atoms with Crippen LogP contribution in [-0.4, -0.2) is 30.7 Å². The van der Waals surface area contributed by atoms with Crippen molar-refractivity contribution in [2.45, 2.75) is 12.5 Å². The largest absolute Gasteiger partial charge is 0.504 e. The van der Waals surface area contributed by atoms with Gasteiger partial charge in [-0.05, 0) is 42.3 Å². The summed E-state index contributed by atoms with van der Waals surface area (Å²) in [6.45, 7) is 0.984. The molecular weight excluding hydrogens is 250 g/mol. The van der Waals surface area contributed by atoms with Gasteiger partial charge in [0.25, 0.3) is 0 Å². The minimum Gasteiger partial charge on any atom is -0.504 e. The van der Waals surface area contributed by atoms with E-state index in [4.69, 9.17) is 4.74 Å². The summed E-state index contributed by atoms with van der Waals surface area (Å²) >= 11 is 0. The van der Waals surface area contributed by atoms with Gasteiger partial charge >= 0.3 is 0 Å². The molecule has 1 atom stereocenters. The number of nitrogens with zero attached hydrogens (tertiary/aromatic N) is 1. The summed E-state index contributed by atoms with van der Waals surface area (Å²) in [5.74, 6) is 0.766. The van der Waals surface area contributed by atoms with Crippen LogP contribution >= 0.6 is 0 Å². The molecule has 0 aliphatic carbocycles. The van der Waals surface area contributed by atoms with Gasteiger partial charge in [0.15, 0.2) is 11.5 Å². The zero-order valence-electron chi connectivity index (χ0n) is 11.8. The van der Waals surface area contributed by atoms with Crippen LogP contribution in [-0.2, 0) is 6.42 Å². The number of hydrogen-bond acceptors (Lipinski definition) is 3. The number of aromatic hydroxyl groups is 1. The van der Waals surface area contributed by atoms with Crippen molar-refractivity contribution in [2.75, 3.05) is 20.7 Å². The van der Waals surface area contributed by atoms with Crippen LogP contribution in [0, 0.1) is 0 Å². The van der Waals surface area contributed by atoms with E-state index in [2.05, 4.69) is 36.2 Å². The summed E-state index contributed by atoms with van der Waals surface area (Å²) in [5, 5.41) is 9.95. The molecule has 0 aromatic heterocycles. The lowest BCUT2D eigenvalue weighted by atomic mass is 9.88. The molecule has 1 unspecified atom stereocenters. The van der Waals surface area contributed by atoms with Gasteiger partial charge in [-0.1, -0.05) is 30.3 Å². The molecule has 1 N–H and O–H groups in total. The molecule has 0 spiro atoms. The molecule has 3 heteroatoms. The van der Waals surface area contributed by atoms with Gasteiger partial charge in [0.1, 0.15) is 0 Å². The van der Waals surface area contributed by atoms with Crippen LogP contribution in [0.3, 0.4) is 0 Å². The molecule has 1 aliphatic heterocycles. The van der Waals surface area contributed by atoms with Crippen molar-refractivity contribution < 1.29 is 9.84 Å². The lowest BCUT2D eigenvalue weighted by Gasteiger charge is -2.35. The van der Waals surface area contributed by atoms with E-state index in [-0.39, 0.29) is 11.8 Å². The van der Waals surface area contributed by atoms with Gasteiger partial charge in [-0.15, -0.1) is 0 Å². The fourth-order valence-corrected chi connectivity index (χ4v) is 2.99. The van der Waals surface area contributed by atoms with E-state index in [0.717, 1.165) is 13.0 Å². The smallest absolute Gasteiger partial charge is 0.160 e. The average molecular weight is 269 g/mol. The van der Waals surface area contributed by atoms with Gasteiger partial charge in [0.05, 0.1) is 13.2 Å². The van der Waals surface area contributed by atoms with Crippen LogP contribution in [0.15, 0.2) is 42.5 Å².